The highest BCUT2D eigenvalue weighted by atomic mass is 32.2. The van der Waals surface area contributed by atoms with Gasteiger partial charge < -0.3 is 0 Å². The van der Waals surface area contributed by atoms with E-state index in [2.05, 4.69) is 12.1 Å². The minimum Gasteiger partial charge on any atom is -0.241 e. The molecule has 6 nitrogen and oxygen atoms in total. The molecule has 1 atom stereocenters. The van der Waals surface area contributed by atoms with Crippen LogP contribution in [-0.4, -0.2) is 31.7 Å². The number of fused-ring (bicyclic) bond motifs is 4. The van der Waals surface area contributed by atoms with E-state index in [1.807, 2.05) is 56.3 Å². The molecule has 0 spiro atoms. The largest absolute Gasteiger partial charge is 0.268 e. The van der Waals surface area contributed by atoms with E-state index < -0.39 is 25.5 Å². The van der Waals surface area contributed by atoms with Gasteiger partial charge in [-0.2, -0.15) is 4.31 Å². The smallest absolute Gasteiger partial charge is 0.241 e. The molecule has 0 saturated heterocycles. The average molecular weight is 607 g/mol. The lowest BCUT2D eigenvalue weighted by Gasteiger charge is -2.42. The van der Waals surface area contributed by atoms with Gasteiger partial charge in [-0.15, -0.1) is 0 Å². The molecular formula is C35H30N2O4S2. The van der Waals surface area contributed by atoms with Crippen LogP contribution in [0.4, 0.5) is 0 Å². The van der Waals surface area contributed by atoms with Crippen molar-refractivity contribution in [3.05, 3.63) is 144 Å². The zero-order valence-corrected chi connectivity index (χ0v) is 25.4. The van der Waals surface area contributed by atoms with Gasteiger partial charge in [-0.05, 0) is 64.7 Å². The number of rotatable bonds is 5. The van der Waals surface area contributed by atoms with Gasteiger partial charge in [0.1, 0.15) is 0 Å². The molecule has 0 saturated carbocycles. The molecule has 1 aromatic heterocycles. The molecule has 8 heteroatoms. The van der Waals surface area contributed by atoms with Crippen molar-refractivity contribution in [2.45, 2.75) is 35.6 Å². The predicted octanol–water partition coefficient (Wildman–Crippen LogP) is 6.85. The van der Waals surface area contributed by atoms with E-state index in [0.717, 1.165) is 38.4 Å². The third kappa shape index (κ3) is 4.32. The van der Waals surface area contributed by atoms with Gasteiger partial charge in [0.05, 0.1) is 15.3 Å². The van der Waals surface area contributed by atoms with Gasteiger partial charge in [0.15, 0.2) is 0 Å². The molecule has 1 aliphatic heterocycles. The van der Waals surface area contributed by atoms with Gasteiger partial charge in [0, 0.05) is 30.1 Å². The lowest BCUT2D eigenvalue weighted by atomic mass is 9.71. The fourth-order valence-electron chi connectivity index (χ4n) is 6.45. The molecular weight excluding hydrogens is 577 g/mol. The van der Waals surface area contributed by atoms with Crippen LogP contribution in [0.1, 0.15) is 29.2 Å². The van der Waals surface area contributed by atoms with Crippen molar-refractivity contribution in [3.63, 3.8) is 0 Å². The van der Waals surface area contributed by atoms with E-state index >= 15 is 0 Å². The highest BCUT2D eigenvalue weighted by Gasteiger charge is 2.44. The first kappa shape index (κ1) is 27.6. The quantitative estimate of drug-likeness (QED) is 0.215. The van der Waals surface area contributed by atoms with Gasteiger partial charge in [0.25, 0.3) is 10.0 Å². The highest BCUT2D eigenvalue weighted by Crippen LogP contribution is 2.46. The summed E-state index contributed by atoms with van der Waals surface area (Å²) in [6.07, 6.45) is 1.69. The van der Waals surface area contributed by atoms with E-state index in [0.29, 0.717) is 5.52 Å². The number of sulfonamides is 1. The zero-order chi connectivity index (χ0) is 30.0. The molecule has 0 bridgehead atoms. The van der Waals surface area contributed by atoms with Crippen molar-refractivity contribution in [1.82, 2.24) is 8.28 Å². The third-order valence-electron chi connectivity index (χ3n) is 8.69. The van der Waals surface area contributed by atoms with Crippen LogP contribution in [0, 0.1) is 6.92 Å². The van der Waals surface area contributed by atoms with E-state index in [4.69, 9.17) is 0 Å². The third-order valence-corrected chi connectivity index (χ3v) is 12.2. The van der Waals surface area contributed by atoms with Gasteiger partial charge in [-0.3, -0.25) is 0 Å². The Morgan fingerprint density at radius 3 is 2.00 bits per heavy atom. The summed E-state index contributed by atoms with van der Waals surface area (Å²) in [6.45, 7) is 4.31. The monoisotopic (exact) mass is 606 g/mol. The Balaban J connectivity index is 1.49. The van der Waals surface area contributed by atoms with Crippen molar-refractivity contribution in [2.75, 3.05) is 6.54 Å². The molecule has 0 radical (unpaired) electrons. The van der Waals surface area contributed by atoms with Crippen LogP contribution < -0.4 is 0 Å². The Hall–Kier alpha value is -4.24. The number of benzene rings is 5. The Morgan fingerprint density at radius 2 is 1.26 bits per heavy atom. The standard InChI is InChI=1S/C35H30N2O4S2/c1-25-16-19-28(20-17-25)42(38,39)36-22-31-29-13-7-6-10-26(29)18-21-32(31)35(2,24-36)33-23-37(34-15-9-8-14-30(33)34)43(40,41)27-11-4-3-5-12-27/h3-21,23H,22,24H2,1-2H3. The van der Waals surface area contributed by atoms with E-state index in [1.54, 1.807) is 71.2 Å². The summed E-state index contributed by atoms with van der Waals surface area (Å²) in [4.78, 5) is 0.421. The molecule has 0 N–H and O–H groups in total. The number of aromatic nitrogens is 1. The maximum atomic E-state index is 14.2. The van der Waals surface area contributed by atoms with Crippen LogP contribution in [0.25, 0.3) is 21.7 Å². The van der Waals surface area contributed by atoms with Crippen molar-refractivity contribution in [1.29, 1.82) is 0 Å². The first-order valence-electron chi connectivity index (χ1n) is 14.1. The molecule has 7 rings (SSSR count). The molecule has 2 heterocycles. The summed E-state index contributed by atoms with van der Waals surface area (Å²) >= 11 is 0. The fourth-order valence-corrected chi connectivity index (χ4v) is 9.34. The van der Waals surface area contributed by atoms with Gasteiger partial charge >= 0.3 is 0 Å². The predicted molar refractivity (Wildman–Crippen MR) is 170 cm³/mol. The van der Waals surface area contributed by atoms with Crippen molar-refractivity contribution < 1.29 is 16.8 Å². The Morgan fingerprint density at radius 1 is 0.628 bits per heavy atom. The van der Waals surface area contributed by atoms with Crippen LogP contribution in [0.5, 0.6) is 0 Å². The second-order valence-corrected chi connectivity index (χ2v) is 15.2. The molecule has 1 aliphatic rings. The molecule has 216 valence electrons. The number of para-hydroxylation sites is 1. The fraction of sp³-hybridized carbons (Fsp3) is 0.143. The minimum atomic E-state index is -3.93. The molecule has 5 aromatic carbocycles. The van der Waals surface area contributed by atoms with Crippen molar-refractivity contribution in [3.8, 4) is 0 Å². The number of hydrogen-bond acceptors (Lipinski definition) is 4. The molecule has 1 unspecified atom stereocenters. The maximum Gasteiger partial charge on any atom is 0.268 e. The number of hydrogen-bond donors (Lipinski definition) is 0. The first-order chi connectivity index (χ1) is 20.6. The summed E-state index contributed by atoms with van der Waals surface area (Å²) in [5.41, 5.74) is 3.32. The van der Waals surface area contributed by atoms with Crippen LogP contribution in [0.15, 0.2) is 131 Å². The maximum absolute atomic E-state index is 14.2. The molecule has 0 fully saturated rings. The molecule has 6 aromatic rings. The lowest BCUT2D eigenvalue weighted by Crippen LogP contribution is -2.47. The second kappa shape index (κ2) is 9.91. The minimum absolute atomic E-state index is 0.147. The van der Waals surface area contributed by atoms with E-state index in [1.165, 1.54) is 3.97 Å². The van der Waals surface area contributed by atoms with Crippen LogP contribution >= 0.6 is 0 Å². The molecule has 0 amide bonds. The topological polar surface area (TPSA) is 76.5 Å². The SMILES string of the molecule is Cc1ccc(S(=O)(=O)N2Cc3c(ccc4ccccc34)C(C)(c3cn(S(=O)(=O)c4ccccc4)c4ccccc34)C2)cc1. The normalized spacial score (nSPS) is 17.7. The van der Waals surface area contributed by atoms with Crippen LogP contribution in [0.3, 0.4) is 0 Å². The Bertz CT molecular complexity index is 2240. The van der Waals surface area contributed by atoms with Gasteiger partial charge in [0.2, 0.25) is 10.0 Å². The lowest BCUT2D eigenvalue weighted by molar-refractivity contribution is 0.318. The summed E-state index contributed by atoms with van der Waals surface area (Å²) in [5.74, 6) is 0. The van der Waals surface area contributed by atoms with Gasteiger partial charge in [-0.25, -0.2) is 20.8 Å². The van der Waals surface area contributed by atoms with Crippen molar-refractivity contribution >= 4 is 41.7 Å². The molecule has 43 heavy (non-hydrogen) atoms. The number of aryl methyl sites for hydroxylation is 1. The summed E-state index contributed by atoms with van der Waals surface area (Å²) in [5, 5.41) is 2.76. The molecule has 0 aliphatic carbocycles. The summed E-state index contributed by atoms with van der Waals surface area (Å²) in [7, 11) is -7.81. The zero-order valence-electron chi connectivity index (χ0n) is 23.8. The Labute approximate surface area is 251 Å². The first-order valence-corrected chi connectivity index (χ1v) is 17.0. The van der Waals surface area contributed by atoms with Gasteiger partial charge in [-0.1, -0.05) is 97.4 Å². The average Bonchev–Trinajstić information content (AvgIpc) is 3.43. The second-order valence-electron chi connectivity index (χ2n) is 11.4. The van der Waals surface area contributed by atoms with E-state index in [9.17, 15) is 16.8 Å². The number of nitrogens with zero attached hydrogens (tertiary/aromatic N) is 2. The summed E-state index contributed by atoms with van der Waals surface area (Å²) < 4.78 is 59.2. The van der Waals surface area contributed by atoms with Crippen molar-refractivity contribution in [2.24, 2.45) is 0 Å². The van der Waals surface area contributed by atoms with Crippen LogP contribution in [0.2, 0.25) is 0 Å². The van der Waals surface area contributed by atoms with E-state index in [-0.39, 0.29) is 22.9 Å². The Kier molecular flexibility index (Phi) is 6.36. The summed E-state index contributed by atoms with van der Waals surface area (Å²) in [6, 6.07) is 34.8. The highest BCUT2D eigenvalue weighted by molar-refractivity contribution is 7.90. The van der Waals surface area contributed by atoms with Crippen LogP contribution in [-0.2, 0) is 32.0 Å².